The van der Waals surface area contributed by atoms with Crippen LogP contribution in [0.4, 0.5) is 4.39 Å². The van der Waals surface area contributed by atoms with Gasteiger partial charge in [0.2, 0.25) is 0 Å². The first-order valence-corrected chi connectivity index (χ1v) is 6.00. The standard InChI is InChI=1S/C15H13FN2O/c1-9-4-5-18-8-12(9)15(17)14-7-10-6-11(16)2-3-13(10)19-14/h2-8,15H,17H2,1H3. The van der Waals surface area contributed by atoms with Gasteiger partial charge in [0.15, 0.2) is 0 Å². The van der Waals surface area contributed by atoms with Crippen LogP contribution in [0.25, 0.3) is 11.0 Å². The van der Waals surface area contributed by atoms with E-state index < -0.39 is 6.04 Å². The lowest BCUT2D eigenvalue weighted by Crippen LogP contribution is -2.12. The number of nitrogens with zero attached hydrogens (tertiary/aromatic N) is 1. The Balaban J connectivity index is 2.07. The van der Waals surface area contributed by atoms with E-state index in [0.29, 0.717) is 16.7 Å². The van der Waals surface area contributed by atoms with Gasteiger partial charge in [-0.3, -0.25) is 4.98 Å². The highest BCUT2D eigenvalue weighted by Crippen LogP contribution is 2.28. The molecule has 2 aromatic heterocycles. The number of furan rings is 1. The minimum atomic E-state index is -0.399. The number of benzene rings is 1. The number of hydrogen-bond donors (Lipinski definition) is 1. The van der Waals surface area contributed by atoms with Crippen molar-refractivity contribution in [2.45, 2.75) is 13.0 Å². The maximum Gasteiger partial charge on any atom is 0.134 e. The summed E-state index contributed by atoms with van der Waals surface area (Å²) in [4.78, 5) is 4.08. The summed E-state index contributed by atoms with van der Waals surface area (Å²) in [5.74, 6) is 0.322. The minimum absolute atomic E-state index is 0.286. The van der Waals surface area contributed by atoms with Gasteiger partial charge in [-0.05, 0) is 48.4 Å². The first-order chi connectivity index (χ1) is 9.15. The van der Waals surface area contributed by atoms with Gasteiger partial charge in [-0.25, -0.2) is 4.39 Å². The number of hydrogen-bond acceptors (Lipinski definition) is 3. The lowest BCUT2D eigenvalue weighted by atomic mass is 10.0. The fourth-order valence-corrected chi connectivity index (χ4v) is 2.14. The Morgan fingerprint density at radius 3 is 2.89 bits per heavy atom. The molecule has 0 saturated heterocycles. The van der Waals surface area contributed by atoms with Gasteiger partial charge in [-0.1, -0.05) is 0 Å². The van der Waals surface area contributed by atoms with E-state index in [2.05, 4.69) is 4.98 Å². The Bertz CT molecular complexity index is 736. The van der Waals surface area contributed by atoms with Crippen molar-refractivity contribution in [2.75, 3.05) is 0 Å². The number of rotatable bonds is 2. The predicted octanol–water partition coefficient (Wildman–Crippen LogP) is 3.32. The van der Waals surface area contributed by atoms with Crippen molar-refractivity contribution in [3.05, 3.63) is 65.4 Å². The van der Waals surface area contributed by atoms with Crippen molar-refractivity contribution >= 4 is 11.0 Å². The first kappa shape index (κ1) is 11.9. The lowest BCUT2D eigenvalue weighted by molar-refractivity contribution is 0.523. The SMILES string of the molecule is Cc1ccncc1C(N)c1cc2cc(F)ccc2o1. The molecule has 0 aliphatic carbocycles. The Hall–Kier alpha value is -2.20. The molecule has 0 spiro atoms. The molecule has 0 amide bonds. The molecule has 0 bridgehead atoms. The normalized spacial score (nSPS) is 12.8. The number of fused-ring (bicyclic) bond motifs is 1. The van der Waals surface area contributed by atoms with E-state index in [1.165, 1.54) is 12.1 Å². The summed E-state index contributed by atoms with van der Waals surface area (Å²) in [6, 6.07) is 7.69. The van der Waals surface area contributed by atoms with E-state index in [0.717, 1.165) is 11.1 Å². The number of aryl methyl sites for hydroxylation is 1. The summed E-state index contributed by atoms with van der Waals surface area (Å²) in [5.41, 5.74) is 8.78. The summed E-state index contributed by atoms with van der Waals surface area (Å²) in [6.45, 7) is 1.97. The van der Waals surface area contributed by atoms with Crippen molar-refractivity contribution in [1.82, 2.24) is 4.98 Å². The summed E-state index contributed by atoms with van der Waals surface area (Å²) in [6.07, 6.45) is 3.45. The fraction of sp³-hybridized carbons (Fsp3) is 0.133. The van der Waals surface area contributed by atoms with Crippen molar-refractivity contribution in [3.8, 4) is 0 Å². The van der Waals surface area contributed by atoms with Crippen LogP contribution in [0, 0.1) is 12.7 Å². The van der Waals surface area contributed by atoms with Crippen LogP contribution in [0.15, 0.2) is 47.1 Å². The van der Waals surface area contributed by atoms with Crippen molar-refractivity contribution < 1.29 is 8.81 Å². The van der Waals surface area contributed by atoms with Gasteiger partial charge < -0.3 is 10.2 Å². The molecule has 0 fully saturated rings. The van der Waals surface area contributed by atoms with E-state index in [-0.39, 0.29) is 5.82 Å². The third-order valence-corrected chi connectivity index (χ3v) is 3.22. The van der Waals surface area contributed by atoms with Gasteiger partial charge in [-0.15, -0.1) is 0 Å². The van der Waals surface area contributed by atoms with Gasteiger partial charge in [0.05, 0.1) is 6.04 Å². The molecule has 1 aromatic carbocycles. The molecule has 1 atom stereocenters. The highest BCUT2D eigenvalue weighted by Gasteiger charge is 2.16. The molecule has 2 heterocycles. The number of halogens is 1. The van der Waals surface area contributed by atoms with Crippen LogP contribution in [-0.2, 0) is 0 Å². The Morgan fingerprint density at radius 2 is 2.11 bits per heavy atom. The Morgan fingerprint density at radius 1 is 1.26 bits per heavy atom. The smallest absolute Gasteiger partial charge is 0.134 e. The summed E-state index contributed by atoms with van der Waals surface area (Å²) in [7, 11) is 0. The zero-order chi connectivity index (χ0) is 13.4. The number of aromatic nitrogens is 1. The summed E-state index contributed by atoms with van der Waals surface area (Å²) in [5, 5.41) is 0.715. The molecular formula is C15H13FN2O. The zero-order valence-corrected chi connectivity index (χ0v) is 10.4. The molecule has 0 saturated carbocycles. The highest BCUT2D eigenvalue weighted by atomic mass is 19.1. The molecule has 3 rings (SSSR count). The minimum Gasteiger partial charge on any atom is -0.459 e. The second-order valence-corrected chi connectivity index (χ2v) is 4.54. The molecule has 3 aromatic rings. The van der Waals surface area contributed by atoms with Gasteiger partial charge in [0.1, 0.15) is 17.2 Å². The topological polar surface area (TPSA) is 52.0 Å². The Kier molecular flexibility index (Phi) is 2.80. The van der Waals surface area contributed by atoms with Crippen molar-refractivity contribution in [3.63, 3.8) is 0 Å². The molecule has 3 nitrogen and oxygen atoms in total. The van der Waals surface area contributed by atoms with Crippen LogP contribution in [0.3, 0.4) is 0 Å². The average molecular weight is 256 g/mol. The number of nitrogens with two attached hydrogens (primary N) is 1. The van der Waals surface area contributed by atoms with Gasteiger partial charge >= 0.3 is 0 Å². The van der Waals surface area contributed by atoms with Crippen LogP contribution < -0.4 is 5.73 Å². The van der Waals surface area contributed by atoms with Crippen LogP contribution in [-0.4, -0.2) is 4.98 Å². The van der Waals surface area contributed by atoms with E-state index in [1.807, 2.05) is 13.0 Å². The first-order valence-electron chi connectivity index (χ1n) is 6.00. The van der Waals surface area contributed by atoms with Crippen molar-refractivity contribution in [1.29, 1.82) is 0 Å². The van der Waals surface area contributed by atoms with E-state index in [1.54, 1.807) is 24.5 Å². The van der Waals surface area contributed by atoms with E-state index in [9.17, 15) is 4.39 Å². The molecule has 1 unspecified atom stereocenters. The van der Waals surface area contributed by atoms with Crippen LogP contribution in [0.5, 0.6) is 0 Å². The molecule has 4 heteroatoms. The summed E-state index contributed by atoms with van der Waals surface area (Å²) < 4.78 is 18.8. The molecule has 96 valence electrons. The van der Waals surface area contributed by atoms with Crippen LogP contribution in [0.1, 0.15) is 22.9 Å². The fourth-order valence-electron chi connectivity index (χ4n) is 2.14. The van der Waals surface area contributed by atoms with Crippen LogP contribution >= 0.6 is 0 Å². The van der Waals surface area contributed by atoms with Gasteiger partial charge in [0.25, 0.3) is 0 Å². The zero-order valence-electron chi connectivity index (χ0n) is 10.4. The maximum atomic E-state index is 13.2. The Labute approximate surface area is 109 Å². The predicted molar refractivity (Wildman–Crippen MR) is 71.2 cm³/mol. The monoisotopic (exact) mass is 256 g/mol. The lowest BCUT2D eigenvalue weighted by Gasteiger charge is -2.11. The average Bonchev–Trinajstić information content (AvgIpc) is 2.81. The third-order valence-electron chi connectivity index (χ3n) is 3.22. The van der Waals surface area contributed by atoms with Gasteiger partial charge in [0, 0.05) is 17.8 Å². The van der Waals surface area contributed by atoms with E-state index in [4.69, 9.17) is 10.2 Å². The second-order valence-electron chi connectivity index (χ2n) is 4.54. The molecule has 2 N–H and O–H groups in total. The highest BCUT2D eigenvalue weighted by molar-refractivity contribution is 5.78. The molecular weight excluding hydrogens is 243 g/mol. The molecule has 0 aliphatic heterocycles. The quantitative estimate of drug-likeness (QED) is 0.765. The van der Waals surface area contributed by atoms with Gasteiger partial charge in [-0.2, -0.15) is 0 Å². The van der Waals surface area contributed by atoms with Crippen molar-refractivity contribution in [2.24, 2.45) is 5.73 Å². The van der Waals surface area contributed by atoms with Crippen LogP contribution in [0.2, 0.25) is 0 Å². The van der Waals surface area contributed by atoms with E-state index >= 15 is 0 Å². The second kappa shape index (κ2) is 4.48. The number of pyridine rings is 1. The summed E-state index contributed by atoms with van der Waals surface area (Å²) >= 11 is 0. The molecule has 0 radical (unpaired) electrons. The third kappa shape index (κ3) is 2.11. The maximum absolute atomic E-state index is 13.2. The molecule has 0 aliphatic rings. The molecule has 19 heavy (non-hydrogen) atoms. The largest absolute Gasteiger partial charge is 0.459 e.